The summed E-state index contributed by atoms with van der Waals surface area (Å²) in [5.41, 5.74) is 4.97. The number of rotatable bonds is 4. The maximum Gasteiger partial charge on any atom is 0.271 e. The van der Waals surface area contributed by atoms with Crippen LogP contribution in [-0.4, -0.2) is 21.1 Å². The van der Waals surface area contributed by atoms with Gasteiger partial charge in [0.1, 0.15) is 0 Å². The molecular weight excluding hydrogens is 312 g/mol. The zero-order chi connectivity index (χ0) is 16.4. The van der Waals surface area contributed by atoms with Crippen LogP contribution >= 0.6 is 12.2 Å². The summed E-state index contributed by atoms with van der Waals surface area (Å²) < 4.78 is 0. The van der Waals surface area contributed by atoms with Gasteiger partial charge in [-0.1, -0.05) is 36.4 Å². The topological polar surface area (TPSA) is 70.4 Å². The Labute approximate surface area is 139 Å². The molecule has 1 fully saturated rings. The van der Waals surface area contributed by atoms with Crippen LogP contribution in [0.25, 0.3) is 0 Å². The molecule has 2 N–H and O–H groups in total. The molecule has 0 spiro atoms. The molecule has 0 aliphatic carbocycles. The predicted octanol–water partition coefficient (Wildman–Crippen LogP) is 3.24. The average molecular weight is 328 g/mol. The molecular formula is C16H16N4O2S. The molecule has 1 saturated heterocycles. The number of nitro benzene ring substituents is 1. The number of nitrogens with zero attached hydrogens (tertiary/aromatic N) is 2. The lowest BCUT2D eigenvalue weighted by molar-refractivity contribution is -0.384. The number of hydrogen-bond donors (Lipinski definition) is 2. The molecule has 6 nitrogen and oxygen atoms in total. The molecule has 1 heterocycles. The average Bonchev–Trinajstić information content (AvgIpc) is 2.82. The first-order chi connectivity index (χ1) is 11.1. The highest BCUT2D eigenvalue weighted by Gasteiger charge is 2.35. The van der Waals surface area contributed by atoms with Gasteiger partial charge < -0.3 is 5.32 Å². The molecule has 0 aromatic heterocycles. The molecule has 2 aromatic rings. The molecule has 0 bridgehead atoms. The molecule has 2 atom stereocenters. The summed E-state index contributed by atoms with van der Waals surface area (Å²) in [5, 5.41) is 16.6. The van der Waals surface area contributed by atoms with Gasteiger partial charge in [0.15, 0.2) is 5.11 Å². The lowest BCUT2D eigenvalue weighted by atomic mass is 10.0. The third-order valence-electron chi connectivity index (χ3n) is 3.77. The molecule has 23 heavy (non-hydrogen) atoms. The Kier molecular flexibility index (Phi) is 4.12. The maximum atomic E-state index is 10.9. The van der Waals surface area contributed by atoms with E-state index in [0.717, 1.165) is 5.56 Å². The number of benzene rings is 2. The first-order valence-electron chi connectivity index (χ1n) is 7.22. The van der Waals surface area contributed by atoms with Crippen molar-refractivity contribution in [3.8, 4) is 0 Å². The monoisotopic (exact) mass is 328 g/mol. The number of non-ortho nitro benzene ring substituents is 1. The molecule has 2 aromatic carbocycles. The Bertz CT molecular complexity index is 738. The van der Waals surface area contributed by atoms with E-state index in [9.17, 15) is 10.1 Å². The second-order valence-electron chi connectivity index (χ2n) is 5.38. The van der Waals surface area contributed by atoms with E-state index in [2.05, 4.69) is 17.7 Å². The Morgan fingerprint density at radius 1 is 1.22 bits per heavy atom. The van der Waals surface area contributed by atoms with Gasteiger partial charge in [-0.2, -0.15) is 0 Å². The van der Waals surface area contributed by atoms with Gasteiger partial charge >= 0.3 is 0 Å². The first-order valence-corrected chi connectivity index (χ1v) is 7.63. The summed E-state index contributed by atoms with van der Waals surface area (Å²) >= 11 is 5.40. The molecule has 1 aliphatic rings. The van der Waals surface area contributed by atoms with Crippen molar-refractivity contribution in [3.63, 3.8) is 0 Å². The predicted molar refractivity (Wildman–Crippen MR) is 92.9 cm³/mol. The molecule has 7 heteroatoms. The van der Waals surface area contributed by atoms with Crippen LogP contribution in [-0.2, 0) is 0 Å². The number of anilines is 1. The summed E-state index contributed by atoms with van der Waals surface area (Å²) in [7, 11) is 0. The third-order valence-corrected chi connectivity index (χ3v) is 4.08. The summed E-state index contributed by atoms with van der Waals surface area (Å²) in [6.07, 6.45) is 0. The molecule has 0 radical (unpaired) electrons. The first kappa shape index (κ1) is 15.2. The third kappa shape index (κ3) is 3.09. The number of hydrazine groups is 1. The van der Waals surface area contributed by atoms with Crippen molar-refractivity contribution in [1.82, 2.24) is 10.3 Å². The van der Waals surface area contributed by atoms with Gasteiger partial charge in [0.05, 0.1) is 22.7 Å². The van der Waals surface area contributed by atoms with E-state index in [-0.39, 0.29) is 17.8 Å². The van der Waals surface area contributed by atoms with E-state index in [0.29, 0.717) is 10.8 Å². The van der Waals surface area contributed by atoms with Gasteiger partial charge in [-0.25, -0.2) is 0 Å². The van der Waals surface area contributed by atoms with Crippen molar-refractivity contribution in [2.75, 3.05) is 5.43 Å². The normalized spacial score (nSPS) is 20.2. The van der Waals surface area contributed by atoms with E-state index in [1.807, 2.05) is 35.3 Å². The Morgan fingerprint density at radius 2 is 1.96 bits per heavy atom. The van der Waals surface area contributed by atoms with Crippen molar-refractivity contribution in [2.24, 2.45) is 0 Å². The van der Waals surface area contributed by atoms with Crippen LogP contribution in [0.1, 0.15) is 18.5 Å². The standard InChI is InChI=1S/C16H16N4O2S/c1-11-15(12-6-3-2-4-7-12)19(16(23)17-11)18-13-8-5-9-14(10-13)20(21)22/h2-11,15,18H,1H3,(H,17,23). The van der Waals surface area contributed by atoms with Crippen LogP contribution in [0.4, 0.5) is 11.4 Å². The van der Waals surface area contributed by atoms with Gasteiger partial charge in [0, 0.05) is 12.1 Å². The van der Waals surface area contributed by atoms with Crippen molar-refractivity contribution < 1.29 is 4.92 Å². The highest BCUT2D eigenvalue weighted by molar-refractivity contribution is 7.80. The van der Waals surface area contributed by atoms with Crippen molar-refractivity contribution in [2.45, 2.75) is 19.0 Å². The van der Waals surface area contributed by atoms with E-state index < -0.39 is 4.92 Å². The number of nitro groups is 1. The van der Waals surface area contributed by atoms with Gasteiger partial charge in [-0.05, 0) is 30.8 Å². The number of hydrogen-bond acceptors (Lipinski definition) is 4. The Morgan fingerprint density at radius 3 is 2.65 bits per heavy atom. The zero-order valence-corrected chi connectivity index (χ0v) is 13.3. The molecule has 3 rings (SSSR count). The van der Waals surface area contributed by atoms with Crippen molar-refractivity contribution >= 4 is 28.7 Å². The fourth-order valence-corrected chi connectivity index (χ4v) is 3.07. The molecule has 118 valence electrons. The van der Waals surface area contributed by atoms with Crippen molar-refractivity contribution in [1.29, 1.82) is 0 Å². The van der Waals surface area contributed by atoms with Gasteiger partial charge in [0.25, 0.3) is 5.69 Å². The minimum absolute atomic E-state index is 0.00274. The summed E-state index contributed by atoms with van der Waals surface area (Å²) in [6.45, 7) is 2.05. The van der Waals surface area contributed by atoms with Crippen LogP contribution in [0.15, 0.2) is 54.6 Å². The van der Waals surface area contributed by atoms with Crippen LogP contribution in [0.3, 0.4) is 0 Å². The number of nitrogens with one attached hydrogen (secondary N) is 2. The van der Waals surface area contributed by atoms with Gasteiger partial charge in [-0.15, -0.1) is 0 Å². The summed E-state index contributed by atoms with van der Waals surface area (Å²) in [5.74, 6) is 0. The Hall–Kier alpha value is -2.67. The van der Waals surface area contributed by atoms with Crippen molar-refractivity contribution in [3.05, 3.63) is 70.3 Å². The highest BCUT2D eigenvalue weighted by atomic mass is 32.1. The van der Waals surface area contributed by atoms with Gasteiger partial charge in [-0.3, -0.25) is 20.5 Å². The lowest BCUT2D eigenvalue weighted by Crippen LogP contribution is -2.35. The second kappa shape index (κ2) is 6.21. The fourth-order valence-electron chi connectivity index (χ4n) is 2.73. The summed E-state index contributed by atoms with van der Waals surface area (Å²) in [4.78, 5) is 10.5. The lowest BCUT2D eigenvalue weighted by Gasteiger charge is -2.28. The second-order valence-corrected chi connectivity index (χ2v) is 5.77. The number of thiocarbonyl (C=S) groups is 1. The molecule has 2 unspecified atom stereocenters. The fraction of sp³-hybridized carbons (Fsp3) is 0.188. The molecule has 0 saturated carbocycles. The minimum atomic E-state index is -0.414. The smallest absolute Gasteiger partial charge is 0.271 e. The zero-order valence-electron chi connectivity index (χ0n) is 12.5. The quantitative estimate of drug-likeness (QED) is 0.510. The van der Waals surface area contributed by atoms with E-state index in [4.69, 9.17) is 12.2 Å². The molecule has 0 amide bonds. The molecule has 1 aliphatic heterocycles. The minimum Gasteiger partial charge on any atom is -0.356 e. The van der Waals surface area contributed by atoms with Crippen LogP contribution in [0, 0.1) is 10.1 Å². The van der Waals surface area contributed by atoms with E-state index in [1.54, 1.807) is 12.1 Å². The SMILES string of the molecule is CC1NC(=S)N(Nc2cccc([N+](=O)[O-])c2)C1c1ccccc1. The van der Waals surface area contributed by atoms with Crippen LogP contribution in [0.2, 0.25) is 0 Å². The Balaban J connectivity index is 1.89. The van der Waals surface area contributed by atoms with Crippen LogP contribution in [0.5, 0.6) is 0 Å². The van der Waals surface area contributed by atoms with Gasteiger partial charge in [0.2, 0.25) is 0 Å². The van der Waals surface area contributed by atoms with E-state index >= 15 is 0 Å². The van der Waals surface area contributed by atoms with E-state index in [1.165, 1.54) is 12.1 Å². The maximum absolute atomic E-state index is 10.9. The largest absolute Gasteiger partial charge is 0.356 e. The highest BCUT2D eigenvalue weighted by Crippen LogP contribution is 2.30. The van der Waals surface area contributed by atoms with Crippen LogP contribution < -0.4 is 10.7 Å². The summed E-state index contributed by atoms with van der Waals surface area (Å²) in [6, 6.07) is 16.5.